The van der Waals surface area contributed by atoms with Crippen molar-refractivity contribution in [2.24, 2.45) is 4.99 Å². The summed E-state index contributed by atoms with van der Waals surface area (Å²) in [5.74, 6) is 1.22. The van der Waals surface area contributed by atoms with Crippen LogP contribution < -0.4 is 0 Å². The van der Waals surface area contributed by atoms with Crippen molar-refractivity contribution in [2.45, 2.75) is 0 Å². The summed E-state index contributed by atoms with van der Waals surface area (Å²) in [5.41, 5.74) is 2.13. The molecule has 0 N–H and O–H groups in total. The van der Waals surface area contributed by atoms with Crippen LogP contribution in [-0.2, 0) is 0 Å². The van der Waals surface area contributed by atoms with Crippen molar-refractivity contribution in [1.29, 1.82) is 0 Å². The summed E-state index contributed by atoms with van der Waals surface area (Å²) in [4.78, 5) is 19.5. The average molecular weight is 411 g/mol. The Morgan fingerprint density at radius 1 is 1.19 bits per heavy atom. The second kappa shape index (κ2) is 6.57. The van der Waals surface area contributed by atoms with Gasteiger partial charge >= 0.3 is 0 Å². The minimum absolute atomic E-state index is 0.0390. The number of benzene rings is 1. The van der Waals surface area contributed by atoms with E-state index in [0.717, 1.165) is 15.7 Å². The predicted molar refractivity (Wildman–Crippen MR) is 101 cm³/mol. The third kappa shape index (κ3) is 3.02. The lowest BCUT2D eigenvalue weighted by atomic mass is 10.2. The maximum absolute atomic E-state index is 10.8. The van der Waals surface area contributed by atoms with Gasteiger partial charge in [0.25, 0.3) is 5.69 Å². The van der Waals surface area contributed by atoms with E-state index < -0.39 is 4.92 Å². The molecule has 128 valence electrons. The summed E-state index contributed by atoms with van der Waals surface area (Å²) >= 11 is 3.45. The molecule has 0 aliphatic carbocycles. The first kappa shape index (κ1) is 16.2. The zero-order valence-electron chi connectivity index (χ0n) is 13.2. The Labute approximate surface area is 155 Å². The van der Waals surface area contributed by atoms with E-state index in [-0.39, 0.29) is 5.69 Å². The standard InChI is InChI=1S/C18H11BrN4O3/c19-13-5-8-16-21-17(15-2-1-9-26-15)18(22(16)11-13)20-10-12-3-6-14(7-4-12)23(24)25/h1-11H. The van der Waals surface area contributed by atoms with Crippen molar-refractivity contribution < 1.29 is 9.34 Å². The Balaban J connectivity index is 1.80. The van der Waals surface area contributed by atoms with Gasteiger partial charge in [-0.15, -0.1) is 0 Å². The van der Waals surface area contributed by atoms with Gasteiger partial charge in [0.15, 0.2) is 17.3 Å². The number of non-ortho nitro benzene ring substituents is 1. The van der Waals surface area contributed by atoms with Crippen molar-refractivity contribution in [3.8, 4) is 11.5 Å². The van der Waals surface area contributed by atoms with E-state index >= 15 is 0 Å². The molecular formula is C18H11BrN4O3. The molecule has 0 saturated carbocycles. The first-order valence-electron chi connectivity index (χ1n) is 7.62. The number of hydrogen-bond acceptors (Lipinski definition) is 5. The smallest absolute Gasteiger partial charge is 0.269 e. The number of imidazole rings is 1. The monoisotopic (exact) mass is 410 g/mol. The fourth-order valence-corrected chi connectivity index (χ4v) is 2.86. The highest BCUT2D eigenvalue weighted by atomic mass is 79.9. The fraction of sp³-hybridized carbons (Fsp3) is 0. The van der Waals surface area contributed by atoms with Gasteiger partial charge in [-0.3, -0.25) is 14.5 Å². The van der Waals surface area contributed by atoms with E-state index in [0.29, 0.717) is 17.3 Å². The molecule has 1 aromatic carbocycles. The van der Waals surface area contributed by atoms with Crippen molar-refractivity contribution in [1.82, 2.24) is 9.38 Å². The second-order valence-electron chi connectivity index (χ2n) is 5.44. The summed E-state index contributed by atoms with van der Waals surface area (Å²) in [6.07, 6.45) is 5.09. The van der Waals surface area contributed by atoms with Crippen LogP contribution in [-0.4, -0.2) is 20.5 Å². The van der Waals surface area contributed by atoms with Crippen LogP contribution in [0.3, 0.4) is 0 Å². The lowest BCUT2D eigenvalue weighted by Crippen LogP contribution is -1.89. The molecule has 0 aliphatic heterocycles. The van der Waals surface area contributed by atoms with E-state index in [2.05, 4.69) is 25.9 Å². The maximum Gasteiger partial charge on any atom is 0.269 e. The molecule has 0 aliphatic rings. The van der Waals surface area contributed by atoms with Crippen LogP contribution in [0.5, 0.6) is 0 Å². The van der Waals surface area contributed by atoms with E-state index in [9.17, 15) is 10.1 Å². The van der Waals surface area contributed by atoms with Crippen LogP contribution in [0.2, 0.25) is 0 Å². The largest absolute Gasteiger partial charge is 0.463 e. The molecule has 0 spiro atoms. The zero-order chi connectivity index (χ0) is 18.1. The van der Waals surface area contributed by atoms with E-state index in [4.69, 9.17) is 4.42 Å². The van der Waals surface area contributed by atoms with Gasteiger partial charge in [-0.25, -0.2) is 9.98 Å². The first-order chi connectivity index (χ1) is 12.6. The van der Waals surface area contributed by atoms with E-state index in [1.807, 2.05) is 28.8 Å². The van der Waals surface area contributed by atoms with Crippen LogP contribution >= 0.6 is 15.9 Å². The average Bonchev–Trinajstić information content (AvgIpc) is 3.27. The quantitative estimate of drug-likeness (QED) is 0.268. The van der Waals surface area contributed by atoms with Crippen molar-refractivity contribution in [3.05, 3.63) is 81.1 Å². The Morgan fingerprint density at radius 3 is 2.69 bits per heavy atom. The molecule has 0 amide bonds. The summed E-state index contributed by atoms with van der Waals surface area (Å²) < 4.78 is 8.22. The van der Waals surface area contributed by atoms with Gasteiger partial charge in [-0.2, -0.15) is 0 Å². The van der Waals surface area contributed by atoms with Crippen molar-refractivity contribution in [3.63, 3.8) is 0 Å². The number of nitro benzene ring substituents is 1. The maximum atomic E-state index is 10.8. The summed E-state index contributed by atoms with van der Waals surface area (Å²) in [7, 11) is 0. The van der Waals surface area contributed by atoms with Gasteiger partial charge in [0.2, 0.25) is 0 Å². The molecule has 0 unspecified atom stereocenters. The Bertz CT molecular complexity index is 1120. The number of halogens is 1. The SMILES string of the molecule is O=[N+]([O-])c1ccc(C=Nc2c(-c3ccco3)nc3ccc(Br)cn23)cc1. The molecule has 3 aromatic heterocycles. The van der Waals surface area contributed by atoms with Gasteiger partial charge < -0.3 is 4.42 Å². The van der Waals surface area contributed by atoms with E-state index in [1.54, 1.807) is 30.7 Å². The van der Waals surface area contributed by atoms with Crippen LogP contribution in [0, 0.1) is 10.1 Å². The van der Waals surface area contributed by atoms with E-state index in [1.165, 1.54) is 12.1 Å². The first-order valence-corrected chi connectivity index (χ1v) is 8.41. The van der Waals surface area contributed by atoms with Gasteiger partial charge in [-0.05, 0) is 57.9 Å². The summed E-state index contributed by atoms with van der Waals surface area (Å²) in [6, 6.07) is 13.6. The number of nitrogens with zero attached hydrogens (tertiary/aromatic N) is 4. The normalized spacial score (nSPS) is 11.4. The number of aromatic nitrogens is 2. The number of furan rings is 1. The molecule has 0 bridgehead atoms. The fourth-order valence-electron chi connectivity index (χ4n) is 2.53. The zero-order valence-corrected chi connectivity index (χ0v) is 14.8. The Morgan fingerprint density at radius 2 is 2.00 bits per heavy atom. The third-order valence-corrected chi connectivity index (χ3v) is 4.22. The minimum Gasteiger partial charge on any atom is -0.463 e. The van der Waals surface area contributed by atoms with Crippen molar-refractivity contribution >= 4 is 39.3 Å². The van der Waals surface area contributed by atoms with Crippen LogP contribution in [0.1, 0.15) is 5.56 Å². The molecule has 3 heterocycles. The number of nitro groups is 1. The van der Waals surface area contributed by atoms with Gasteiger partial charge in [-0.1, -0.05) is 0 Å². The summed E-state index contributed by atoms with van der Waals surface area (Å²) in [5, 5.41) is 10.8. The Hall–Kier alpha value is -3.26. The number of pyridine rings is 1. The van der Waals surface area contributed by atoms with Gasteiger partial charge in [0, 0.05) is 29.0 Å². The molecule has 0 atom stereocenters. The van der Waals surface area contributed by atoms with Crippen LogP contribution in [0.4, 0.5) is 11.5 Å². The molecule has 26 heavy (non-hydrogen) atoms. The van der Waals surface area contributed by atoms with Gasteiger partial charge in [0.05, 0.1) is 11.2 Å². The molecule has 0 radical (unpaired) electrons. The lowest BCUT2D eigenvalue weighted by Gasteiger charge is -1.99. The second-order valence-corrected chi connectivity index (χ2v) is 6.36. The van der Waals surface area contributed by atoms with Crippen molar-refractivity contribution in [2.75, 3.05) is 0 Å². The summed E-state index contributed by atoms with van der Waals surface area (Å²) in [6.45, 7) is 0. The Kier molecular flexibility index (Phi) is 4.10. The third-order valence-electron chi connectivity index (χ3n) is 3.75. The highest BCUT2D eigenvalue weighted by Gasteiger charge is 2.15. The lowest BCUT2D eigenvalue weighted by molar-refractivity contribution is -0.384. The van der Waals surface area contributed by atoms with Crippen LogP contribution in [0.15, 0.2) is 74.9 Å². The van der Waals surface area contributed by atoms with Crippen LogP contribution in [0.25, 0.3) is 17.1 Å². The molecule has 0 saturated heterocycles. The molecule has 4 rings (SSSR count). The minimum atomic E-state index is -0.433. The molecule has 4 aromatic rings. The predicted octanol–water partition coefficient (Wildman–Crippen LogP) is 5.02. The number of aliphatic imine (C=N–C) groups is 1. The number of rotatable bonds is 4. The number of fused-ring (bicyclic) bond motifs is 1. The topological polar surface area (TPSA) is 85.9 Å². The molecule has 8 heteroatoms. The highest BCUT2D eigenvalue weighted by Crippen LogP contribution is 2.32. The van der Waals surface area contributed by atoms with Gasteiger partial charge in [0.1, 0.15) is 5.65 Å². The molecule has 7 nitrogen and oxygen atoms in total. The highest BCUT2D eigenvalue weighted by molar-refractivity contribution is 9.10. The molecule has 0 fully saturated rings. The number of hydrogen-bond donors (Lipinski definition) is 0. The molecular weight excluding hydrogens is 400 g/mol.